The largest absolute Gasteiger partial charge is 1.00 e. The third-order valence-corrected chi connectivity index (χ3v) is 12.2. The van der Waals surface area contributed by atoms with Crippen LogP contribution in [0.3, 0.4) is 0 Å². The van der Waals surface area contributed by atoms with Gasteiger partial charge >= 0.3 is 71.1 Å². The standard InChI is InChI=1S/C27H25N5O8.C21H20N4O6.C6H7NO3.CH3F.2Na/c28-27-30-24-23(25(37)31-27)18(14-29-24)6-3-15-1-4-16(5-2-15)19(33)13-17(26(38)39)7-10-22(36)40-12-11-32-20(34)8-9-21(32)35;22-21-24-18-17(19(29)25-21)14(10-23-18)6-3-11-1-4-12(5-2-11)15(26)9-13(20(30)31)7-8-16(27)28;8-4-3-7-5(9)1-2-6(7)10;1-2;;/h1-2,4-5,8-9,13-14H,3,6-7,10-12H2,(H,38,39)(H4,28,29,30,31,37);1-2,4-5,9-10H,3,6-8H2,(H,27,28)(H,30,31)(H4,22,23,24,25,29);1-2,8H,3-4H2;1H3;;/q;;;;2*+1/p-2/b17-13+;13-9+;;;;/i;;;1D;;. The van der Waals surface area contributed by atoms with E-state index in [4.69, 9.17) is 22.7 Å². The number of H-pyrrole nitrogens is 4. The van der Waals surface area contributed by atoms with E-state index in [1.165, 1.54) is 12.2 Å². The summed E-state index contributed by atoms with van der Waals surface area (Å²) in [7, 11) is -1.00. The number of amides is 4. The van der Waals surface area contributed by atoms with Crippen LogP contribution in [-0.4, -0.2) is 142 Å². The van der Waals surface area contributed by atoms with Gasteiger partial charge in [0.2, 0.25) is 11.9 Å². The number of aromatic nitrogens is 6. The van der Waals surface area contributed by atoms with Gasteiger partial charge in [0.15, 0.2) is 11.6 Å². The van der Waals surface area contributed by atoms with E-state index in [9.17, 15) is 77.2 Å². The Bertz CT molecular complexity index is 3710. The topological polar surface area (TPSA) is 448 Å². The number of carbonyl (C=O) groups excluding carboxylic acids is 9. The number of aliphatic carboxylic acids is 3. The number of aryl methyl sites for hydroxylation is 4. The first-order chi connectivity index (χ1) is 40.0. The van der Waals surface area contributed by atoms with Gasteiger partial charge in [0.05, 0.1) is 45.0 Å². The summed E-state index contributed by atoms with van der Waals surface area (Å²) >= 11 is 0. The molecule has 0 atom stereocenters. The maximum Gasteiger partial charge on any atom is 1.00 e. The minimum Gasteiger partial charge on any atom is -0.550 e. The molecule has 27 nitrogen and oxygen atoms in total. The number of nitrogens with one attached hydrogen (secondary N) is 4. The second-order valence-electron chi connectivity index (χ2n) is 17.7. The van der Waals surface area contributed by atoms with Crippen LogP contribution >= 0.6 is 0 Å². The molecule has 6 aromatic rings. The number of halogens is 1. The number of rotatable bonds is 23. The predicted molar refractivity (Wildman–Crippen MR) is 288 cm³/mol. The molecular formula is C55H53FN10Na2O17. The number of allylic oxidation sites excluding steroid dienone is 2. The molecule has 2 aliphatic heterocycles. The summed E-state index contributed by atoms with van der Waals surface area (Å²) in [6.45, 7) is -0.430. The molecule has 434 valence electrons. The molecule has 4 amide bonds. The number of hydrogen-bond acceptors (Lipinski definition) is 20. The van der Waals surface area contributed by atoms with Gasteiger partial charge in [-0.05, 0) is 84.9 Å². The number of aromatic amines is 4. The van der Waals surface area contributed by atoms with Crippen LogP contribution in [0.25, 0.3) is 22.1 Å². The number of β-amino-alcohol motifs (C(OH)–C–C–N with tert-alkyl or cyclic N) is 1. The zero-order valence-corrected chi connectivity index (χ0v) is 49.8. The summed E-state index contributed by atoms with van der Waals surface area (Å²) in [5.74, 6) is -7.85. The molecule has 4 aromatic heterocycles. The van der Waals surface area contributed by atoms with E-state index in [0.717, 1.165) is 56.4 Å². The normalized spacial score (nSPS) is 12.7. The van der Waals surface area contributed by atoms with Gasteiger partial charge in [0, 0.05) is 65.8 Å². The predicted octanol–water partition coefficient (Wildman–Crippen LogP) is -6.43. The number of carbonyl (C=O) groups is 10. The SMILES string of the molecule is Nc1nc2[nH]cc(CCc3ccc(C(=O)/C=C(\CCC(=O)OCCN4C(=O)C=CC4=O)C(=O)O)cc3)c2c(=O)[nH]1.Nc1nc2[nH]cc(CCc3ccc(C(=O)/C=C(\CCC(=O)[O-])C(=O)[O-])cc3)c2c(=O)[nH]1.O=C1C=CC(=O)N1CCO.[2H]CF.[Na+].[Na+]. The number of carboxylic acids is 3. The van der Waals surface area contributed by atoms with Crippen molar-refractivity contribution in [2.24, 2.45) is 0 Å². The Morgan fingerprint density at radius 1 is 0.635 bits per heavy atom. The third kappa shape index (κ3) is 20.5. The molecule has 30 heteroatoms. The zero-order valence-electron chi connectivity index (χ0n) is 46.8. The molecular weight excluding hydrogens is 1140 g/mol. The summed E-state index contributed by atoms with van der Waals surface area (Å²) in [4.78, 5) is 160. The Hall–Kier alpha value is -8.77. The van der Waals surface area contributed by atoms with Crippen LogP contribution in [0.2, 0.25) is 0 Å². The first-order valence-corrected chi connectivity index (χ1v) is 24.8. The van der Waals surface area contributed by atoms with Crippen LogP contribution in [0.1, 0.15) is 70.0 Å². The van der Waals surface area contributed by atoms with Crippen molar-refractivity contribution >= 4 is 93.0 Å². The van der Waals surface area contributed by atoms with Crippen LogP contribution < -0.4 is 91.9 Å². The molecule has 2 aromatic carbocycles. The fourth-order valence-corrected chi connectivity index (χ4v) is 8.02. The van der Waals surface area contributed by atoms with Gasteiger partial charge in [0.25, 0.3) is 34.7 Å². The number of ketones is 2. The van der Waals surface area contributed by atoms with Gasteiger partial charge in [-0.25, -0.2) is 4.79 Å². The van der Waals surface area contributed by atoms with E-state index in [1.54, 1.807) is 60.9 Å². The molecule has 0 aliphatic carbocycles. The maximum absolute atomic E-state index is 12.7. The number of nitrogen functional groups attached to an aromatic ring is 2. The number of aliphatic hydroxyl groups excluding tert-OH is 1. The number of nitrogens with zero attached hydrogens (tertiary/aromatic N) is 4. The van der Waals surface area contributed by atoms with Crippen molar-refractivity contribution < 1.29 is 138 Å². The summed E-state index contributed by atoms with van der Waals surface area (Å²) in [6, 6.07) is 13.1. The number of carboxylic acid groups (broad SMARTS) is 3. The maximum atomic E-state index is 12.7. The number of esters is 1. The quantitative estimate of drug-likeness (QED) is 0.00972. The Kier molecular flexibility index (Phi) is 27.6. The minimum absolute atomic E-state index is 0. The Morgan fingerprint density at radius 2 is 1.04 bits per heavy atom. The van der Waals surface area contributed by atoms with Gasteiger partial charge in [0.1, 0.15) is 17.9 Å². The number of benzene rings is 2. The molecule has 0 unspecified atom stereocenters. The molecule has 0 spiro atoms. The molecule has 0 radical (unpaired) electrons. The van der Waals surface area contributed by atoms with Crippen molar-refractivity contribution in [1.82, 2.24) is 39.7 Å². The molecule has 6 heterocycles. The molecule has 2 aliphatic rings. The van der Waals surface area contributed by atoms with Gasteiger partial charge < -0.3 is 56.2 Å². The van der Waals surface area contributed by atoms with Crippen molar-refractivity contribution in [1.29, 1.82) is 0 Å². The Balaban J connectivity index is 0.000000372. The second-order valence-corrected chi connectivity index (χ2v) is 17.7. The number of imide groups is 2. The van der Waals surface area contributed by atoms with E-state index in [-0.39, 0.29) is 156 Å². The van der Waals surface area contributed by atoms with Gasteiger partial charge in [-0.2, -0.15) is 9.97 Å². The molecule has 10 N–H and O–H groups in total. The van der Waals surface area contributed by atoms with E-state index < -0.39 is 66.4 Å². The average molecular weight is 1190 g/mol. The first kappa shape index (κ1) is 68.7. The van der Waals surface area contributed by atoms with Crippen molar-refractivity contribution in [3.05, 3.63) is 163 Å². The molecule has 0 saturated carbocycles. The fraction of sp³-hybridized carbons (Fsp3) is 0.236. The smallest absolute Gasteiger partial charge is 0.550 e. The number of aliphatic hydroxyl groups is 1. The van der Waals surface area contributed by atoms with Crippen molar-refractivity contribution in [3.63, 3.8) is 0 Å². The second kappa shape index (κ2) is 34.1. The van der Waals surface area contributed by atoms with Crippen LogP contribution in [0.15, 0.2) is 118 Å². The van der Waals surface area contributed by atoms with Gasteiger partial charge in [-0.1, -0.05) is 48.5 Å². The van der Waals surface area contributed by atoms with E-state index in [1.807, 2.05) is 0 Å². The van der Waals surface area contributed by atoms with Crippen molar-refractivity contribution in [2.45, 2.75) is 51.4 Å². The van der Waals surface area contributed by atoms with Gasteiger partial charge in [-0.15, -0.1) is 0 Å². The van der Waals surface area contributed by atoms with Gasteiger partial charge in [-0.3, -0.25) is 67.3 Å². The number of anilines is 2. The monoisotopic (exact) mass is 1190 g/mol. The number of ether oxygens (including phenoxy) is 1. The zero-order chi connectivity index (χ0) is 61.6. The minimum atomic E-state index is -1.60. The van der Waals surface area contributed by atoms with E-state index in [0.29, 0.717) is 47.8 Å². The van der Waals surface area contributed by atoms with Crippen molar-refractivity contribution in [2.75, 3.05) is 44.9 Å². The number of alkyl halides is 1. The molecule has 0 saturated heterocycles. The summed E-state index contributed by atoms with van der Waals surface area (Å²) in [6.07, 6.45) is 10.6. The van der Waals surface area contributed by atoms with Crippen LogP contribution in [0.4, 0.5) is 16.3 Å². The first-order valence-electron chi connectivity index (χ1n) is 25.5. The van der Waals surface area contributed by atoms with Crippen LogP contribution in [0, 0.1) is 0 Å². The number of hydrogen-bond donors (Lipinski definition) is 8. The summed E-state index contributed by atoms with van der Waals surface area (Å²) < 4.78 is 20.5. The van der Waals surface area contributed by atoms with E-state index >= 15 is 0 Å². The number of nitrogens with two attached hydrogens (primary N) is 2. The molecule has 8 rings (SSSR count). The summed E-state index contributed by atoms with van der Waals surface area (Å²) in [5.41, 5.74) is 14.4. The summed E-state index contributed by atoms with van der Waals surface area (Å²) in [5, 5.41) is 40.3. The Labute approximate surface area is 526 Å². The number of fused-ring (bicyclic) bond motifs is 2. The molecule has 0 fully saturated rings. The fourth-order valence-electron chi connectivity index (χ4n) is 8.02. The third-order valence-electron chi connectivity index (χ3n) is 12.2. The van der Waals surface area contributed by atoms with E-state index in [2.05, 4.69) is 29.9 Å². The molecule has 85 heavy (non-hydrogen) atoms. The average Bonchev–Trinajstić information content (AvgIpc) is 2.08. The molecule has 0 bridgehead atoms. The van der Waals surface area contributed by atoms with Crippen molar-refractivity contribution in [3.8, 4) is 0 Å². The Morgan fingerprint density at radius 3 is 1.42 bits per heavy atom. The van der Waals surface area contributed by atoms with Crippen LogP contribution in [-0.2, 0) is 68.8 Å². The van der Waals surface area contributed by atoms with Crippen LogP contribution in [0.5, 0.6) is 0 Å².